The van der Waals surface area contributed by atoms with E-state index in [4.69, 9.17) is 16.6 Å². The third kappa shape index (κ3) is 5.23. The van der Waals surface area contributed by atoms with Crippen molar-refractivity contribution in [2.75, 3.05) is 18.4 Å². The number of rotatable bonds is 6. The lowest BCUT2D eigenvalue weighted by Crippen LogP contribution is -2.47. The molecule has 8 nitrogen and oxygen atoms in total. The highest BCUT2D eigenvalue weighted by Gasteiger charge is 2.30. The molecule has 0 bridgehead atoms. The predicted molar refractivity (Wildman–Crippen MR) is 142 cm³/mol. The van der Waals surface area contributed by atoms with Gasteiger partial charge >= 0.3 is 0 Å². The molecular weight excluding hydrogens is 476 g/mol. The van der Waals surface area contributed by atoms with Crippen LogP contribution in [0.2, 0.25) is 5.02 Å². The summed E-state index contributed by atoms with van der Waals surface area (Å²) in [6.07, 6.45) is 10.0. The normalized spacial score (nSPS) is 20.8. The maximum absolute atomic E-state index is 12.9. The van der Waals surface area contributed by atoms with Crippen molar-refractivity contribution in [1.82, 2.24) is 25.2 Å². The van der Waals surface area contributed by atoms with Crippen LogP contribution in [0.25, 0.3) is 22.2 Å². The van der Waals surface area contributed by atoms with Crippen LogP contribution in [0.15, 0.2) is 49.3 Å². The van der Waals surface area contributed by atoms with Crippen LogP contribution in [-0.4, -0.2) is 56.8 Å². The fourth-order valence-electron chi connectivity index (χ4n) is 5.34. The van der Waals surface area contributed by atoms with Crippen LogP contribution in [0.1, 0.15) is 38.5 Å². The molecular formula is C27H31ClN6O2. The van der Waals surface area contributed by atoms with Gasteiger partial charge in [0.15, 0.2) is 0 Å². The lowest BCUT2D eigenvalue weighted by molar-refractivity contribution is -0.132. The van der Waals surface area contributed by atoms with E-state index >= 15 is 0 Å². The summed E-state index contributed by atoms with van der Waals surface area (Å²) in [7, 11) is 0. The molecule has 9 heteroatoms. The first-order chi connectivity index (χ1) is 17.5. The quantitative estimate of drug-likeness (QED) is 0.426. The Bertz CT molecular complexity index is 1270. The second kappa shape index (κ2) is 10.7. The first-order valence-corrected chi connectivity index (χ1v) is 13.0. The van der Waals surface area contributed by atoms with E-state index in [2.05, 4.69) is 27.2 Å². The Labute approximate surface area is 215 Å². The number of H-pyrrole nitrogens is 1. The van der Waals surface area contributed by atoms with Crippen LogP contribution in [0.5, 0.6) is 0 Å². The van der Waals surface area contributed by atoms with Crippen molar-refractivity contribution >= 4 is 40.3 Å². The molecule has 2 atom stereocenters. The highest BCUT2D eigenvalue weighted by Crippen LogP contribution is 2.33. The summed E-state index contributed by atoms with van der Waals surface area (Å²) >= 11 is 6.48. The van der Waals surface area contributed by atoms with Crippen molar-refractivity contribution in [2.24, 2.45) is 5.92 Å². The van der Waals surface area contributed by atoms with Gasteiger partial charge in [-0.3, -0.25) is 9.59 Å². The summed E-state index contributed by atoms with van der Waals surface area (Å²) in [4.78, 5) is 38.9. The fourth-order valence-corrected chi connectivity index (χ4v) is 5.53. The molecule has 1 aromatic carbocycles. The van der Waals surface area contributed by atoms with Crippen molar-refractivity contribution in [3.8, 4) is 11.3 Å². The Morgan fingerprint density at radius 2 is 1.92 bits per heavy atom. The zero-order chi connectivity index (χ0) is 25.1. The summed E-state index contributed by atoms with van der Waals surface area (Å²) in [5.41, 5.74) is 2.66. The van der Waals surface area contributed by atoms with Crippen LogP contribution in [0, 0.1) is 5.92 Å². The van der Waals surface area contributed by atoms with Gasteiger partial charge in [-0.25, -0.2) is 9.97 Å². The largest absolute Gasteiger partial charge is 0.360 e. The highest BCUT2D eigenvalue weighted by molar-refractivity contribution is 6.33. The van der Waals surface area contributed by atoms with Gasteiger partial charge in [-0.05, 0) is 50.7 Å². The van der Waals surface area contributed by atoms with Crippen LogP contribution < -0.4 is 10.6 Å². The molecule has 2 amide bonds. The van der Waals surface area contributed by atoms with Gasteiger partial charge in [0.05, 0.1) is 16.9 Å². The standard InChI is InChI=1S/C27H31ClN6O2/c1-2-24(35)34-12-10-17(11-13-34)26(36)31-18-6-5-7-19(14-18)32-27-30-16-22(28)25(33-27)21-15-29-23-9-4-3-8-20(21)23/h2-4,8-9,15-19,29H,1,5-7,10-14H2,(H,31,36)(H,30,32,33)/t18?,19-/m1/s1. The number of aromatic nitrogens is 3. The van der Waals surface area contributed by atoms with E-state index in [1.165, 1.54) is 6.08 Å². The van der Waals surface area contributed by atoms with E-state index in [1.807, 2.05) is 30.5 Å². The summed E-state index contributed by atoms with van der Waals surface area (Å²) in [6.45, 7) is 4.75. The number of halogens is 1. The van der Waals surface area contributed by atoms with Gasteiger partial charge < -0.3 is 20.5 Å². The maximum Gasteiger partial charge on any atom is 0.245 e. The minimum Gasteiger partial charge on any atom is -0.360 e. The van der Waals surface area contributed by atoms with Crippen molar-refractivity contribution < 1.29 is 9.59 Å². The molecule has 2 fully saturated rings. The number of amides is 2. The van der Waals surface area contributed by atoms with Crippen molar-refractivity contribution in [1.29, 1.82) is 0 Å². The Kier molecular flexibility index (Phi) is 7.23. The van der Waals surface area contributed by atoms with Gasteiger partial charge in [-0.1, -0.05) is 36.4 Å². The number of likely N-dealkylation sites (tertiary alicyclic amines) is 1. The molecule has 1 unspecified atom stereocenters. The number of hydrogen-bond acceptors (Lipinski definition) is 5. The number of hydrogen-bond donors (Lipinski definition) is 3. The number of fused-ring (bicyclic) bond motifs is 1. The molecule has 0 spiro atoms. The second-order valence-corrected chi connectivity index (χ2v) is 10.1. The number of carbonyl (C=O) groups is 2. The van der Waals surface area contributed by atoms with Gasteiger partial charge in [0.25, 0.3) is 0 Å². The molecule has 2 aromatic heterocycles. The molecule has 36 heavy (non-hydrogen) atoms. The molecule has 1 aliphatic heterocycles. The van der Waals surface area contributed by atoms with E-state index < -0.39 is 0 Å². The number of piperidine rings is 1. The van der Waals surface area contributed by atoms with Crippen molar-refractivity contribution in [3.05, 3.63) is 54.3 Å². The minimum absolute atomic E-state index is 0.0504. The number of para-hydroxylation sites is 1. The van der Waals surface area contributed by atoms with Gasteiger partial charge in [-0.15, -0.1) is 0 Å². The summed E-state index contributed by atoms with van der Waals surface area (Å²) < 4.78 is 0. The highest BCUT2D eigenvalue weighted by atomic mass is 35.5. The zero-order valence-electron chi connectivity index (χ0n) is 20.2. The fraction of sp³-hybridized carbons (Fsp3) is 0.407. The van der Waals surface area contributed by atoms with E-state index in [9.17, 15) is 9.59 Å². The molecule has 1 saturated heterocycles. The molecule has 3 aromatic rings. The zero-order valence-corrected chi connectivity index (χ0v) is 20.9. The van der Waals surface area contributed by atoms with Crippen LogP contribution >= 0.6 is 11.6 Å². The van der Waals surface area contributed by atoms with Crippen LogP contribution in [0.3, 0.4) is 0 Å². The molecule has 188 valence electrons. The summed E-state index contributed by atoms with van der Waals surface area (Å²) in [6, 6.07) is 8.32. The van der Waals surface area contributed by atoms with Gasteiger partial charge in [0, 0.05) is 53.8 Å². The van der Waals surface area contributed by atoms with Crippen molar-refractivity contribution in [2.45, 2.75) is 50.6 Å². The van der Waals surface area contributed by atoms with Crippen molar-refractivity contribution in [3.63, 3.8) is 0 Å². The number of nitrogens with zero attached hydrogens (tertiary/aromatic N) is 3. The molecule has 2 aliphatic rings. The first kappa shape index (κ1) is 24.3. The average molecular weight is 507 g/mol. The molecule has 1 aliphatic carbocycles. The van der Waals surface area contributed by atoms with Gasteiger partial charge in [0.1, 0.15) is 0 Å². The number of anilines is 1. The Hall–Kier alpha value is -3.39. The number of benzene rings is 1. The van der Waals surface area contributed by atoms with E-state index in [1.54, 1.807) is 11.1 Å². The van der Waals surface area contributed by atoms with Gasteiger partial charge in [0.2, 0.25) is 17.8 Å². The molecule has 5 rings (SSSR count). The summed E-state index contributed by atoms with van der Waals surface area (Å²) in [5, 5.41) is 8.29. The SMILES string of the molecule is C=CC(=O)N1CCC(C(=O)NC2CCC[C@@H](Nc3ncc(Cl)c(-c4c[nH]c5ccccc45)n3)C2)CC1. The topological polar surface area (TPSA) is 103 Å². The summed E-state index contributed by atoms with van der Waals surface area (Å²) in [5.74, 6) is 0.518. The second-order valence-electron chi connectivity index (χ2n) is 9.66. The Morgan fingerprint density at radius 3 is 2.72 bits per heavy atom. The Morgan fingerprint density at radius 1 is 1.14 bits per heavy atom. The van der Waals surface area contributed by atoms with Gasteiger partial charge in [-0.2, -0.15) is 0 Å². The van der Waals surface area contributed by atoms with E-state index in [-0.39, 0.29) is 29.8 Å². The first-order valence-electron chi connectivity index (χ1n) is 12.6. The monoisotopic (exact) mass is 506 g/mol. The van der Waals surface area contributed by atoms with E-state index in [0.29, 0.717) is 42.6 Å². The molecule has 0 radical (unpaired) electrons. The molecule has 1 saturated carbocycles. The minimum atomic E-state index is -0.0627. The third-order valence-corrected chi connectivity index (χ3v) is 7.57. The van der Waals surface area contributed by atoms with Crippen LogP contribution in [-0.2, 0) is 9.59 Å². The Balaban J connectivity index is 1.20. The maximum atomic E-state index is 12.9. The number of aromatic amines is 1. The average Bonchev–Trinajstić information content (AvgIpc) is 3.33. The smallest absolute Gasteiger partial charge is 0.245 e. The lowest BCUT2D eigenvalue weighted by atomic mass is 9.89. The molecule has 3 N–H and O–H groups in total. The third-order valence-electron chi connectivity index (χ3n) is 7.29. The number of nitrogens with one attached hydrogen (secondary N) is 3. The lowest BCUT2D eigenvalue weighted by Gasteiger charge is -2.34. The molecule has 3 heterocycles. The van der Waals surface area contributed by atoms with Crippen LogP contribution in [0.4, 0.5) is 5.95 Å². The number of carbonyl (C=O) groups excluding carboxylic acids is 2. The van der Waals surface area contributed by atoms with E-state index in [0.717, 1.165) is 42.1 Å². The predicted octanol–water partition coefficient (Wildman–Crippen LogP) is 4.54.